The zero-order chi connectivity index (χ0) is 14.8. The molecular formula is C14H22N2O3S. The van der Waals surface area contributed by atoms with Crippen molar-refractivity contribution in [3.05, 3.63) is 24.3 Å². The summed E-state index contributed by atoms with van der Waals surface area (Å²) in [5.74, 6) is 0.451. The Balaban J connectivity index is 2.33. The molecule has 1 saturated carbocycles. The Kier molecular flexibility index (Phi) is 4.67. The average molecular weight is 298 g/mol. The fourth-order valence-electron chi connectivity index (χ4n) is 2.38. The molecule has 1 aliphatic carbocycles. The van der Waals surface area contributed by atoms with Gasteiger partial charge < -0.3 is 10.5 Å². The summed E-state index contributed by atoms with van der Waals surface area (Å²) in [6.45, 7) is 2.69. The van der Waals surface area contributed by atoms with Crippen LogP contribution in [-0.4, -0.2) is 39.0 Å². The van der Waals surface area contributed by atoms with Crippen molar-refractivity contribution < 1.29 is 13.2 Å². The highest BCUT2D eigenvalue weighted by Crippen LogP contribution is 2.37. The van der Waals surface area contributed by atoms with E-state index >= 15 is 0 Å². The van der Waals surface area contributed by atoms with Crippen molar-refractivity contribution in [2.75, 3.05) is 26.0 Å². The van der Waals surface area contributed by atoms with Crippen LogP contribution >= 0.6 is 0 Å². The van der Waals surface area contributed by atoms with Crippen LogP contribution in [0, 0.1) is 5.92 Å². The van der Waals surface area contributed by atoms with Crippen LogP contribution in [0.1, 0.15) is 19.8 Å². The number of sulfonamides is 1. The number of ether oxygens (including phenoxy) is 1. The van der Waals surface area contributed by atoms with E-state index in [1.165, 1.54) is 4.31 Å². The number of hydrogen-bond acceptors (Lipinski definition) is 4. The Morgan fingerprint density at radius 1 is 1.40 bits per heavy atom. The standard InChI is InChI=1S/C14H22N2O3S/c1-11(12-7-8-12)16(9-10-19-2)20(17,18)14-6-4-3-5-13(14)15/h3-6,11-12H,7-10,15H2,1-2H3. The van der Waals surface area contributed by atoms with E-state index in [4.69, 9.17) is 10.5 Å². The molecule has 1 unspecified atom stereocenters. The Morgan fingerprint density at radius 2 is 2.05 bits per heavy atom. The van der Waals surface area contributed by atoms with E-state index in [9.17, 15) is 8.42 Å². The smallest absolute Gasteiger partial charge is 0.245 e. The van der Waals surface area contributed by atoms with Crippen molar-refractivity contribution in [3.8, 4) is 0 Å². The molecule has 0 spiro atoms. The maximum absolute atomic E-state index is 12.8. The number of para-hydroxylation sites is 1. The van der Waals surface area contributed by atoms with Gasteiger partial charge in [0.25, 0.3) is 0 Å². The summed E-state index contributed by atoms with van der Waals surface area (Å²) in [4.78, 5) is 0.184. The lowest BCUT2D eigenvalue weighted by atomic mass is 10.2. The largest absolute Gasteiger partial charge is 0.398 e. The molecule has 2 rings (SSSR count). The zero-order valence-electron chi connectivity index (χ0n) is 12.0. The van der Waals surface area contributed by atoms with Crippen molar-refractivity contribution in [1.29, 1.82) is 0 Å². The van der Waals surface area contributed by atoms with Gasteiger partial charge >= 0.3 is 0 Å². The maximum Gasteiger partial charge on any atom is 0.245 e. The number of benzene rings is 1. The number of rotatable bonds is 7. The second-order valence-electron chi connectivity index (χ2n) is 5.22. The molecule has 0 aromatic heterocycles. The van der Waals surface area contributed by atoms with Gasteiger partial charge in [0, 0.05) is 19.7 Å². The van der Waals surface area contributed by atoms with Crippen molar-refractivity contribution >= 4 is 15.7 Å². The Hall–Kier alpha value is -1.11. The van der Waals surface area contributed by atoms with Crippen LogP contribution in [0.4, 0.5) is 5.69 Å². The number of hydrogen-bond donors (Lipinski definition) is 1. The molecule has 0 bridgehead atoms. The number of nitrogens with zero attached hydrogens (tertiary/aromatic N) is 1. The maximum atomic E-state index is 12.8. The number of nitrogen functional groups attached to an aromatic ring is 1. The van der Waals surface area contributed by atoms with Crippen LogP contribution in [0.2, 0.25) is 0 Å². The lowest BCUT2D eigenvalue weighted by Gasteiger charge is -2.28. The minimum Gasteiger partial charge on any atom is -0.398 e. The summed E-state index contributed by atoms with van der Waals surface area (Å²) in [5, 5.41) is 0. The highest BCUT2D eigenvalue weighted by molar-refractivity contribution is 7.89. The number of methoxy groups -OCH3 is 1. The molecule has 1 aliphatic rings. The molecule has 112 valence electrons. The first-order chi connectivity index (χ1) is 9.48. The fourth-order valence-corrected chi connectivity index (χ4v) is 4.17. The van der Waals surface area contributed by atoms with Gasteiger partial charge in [0.1, 0.15) is 4.90 Å². The molecule has 0 amide bonds. The first-order valence-corrected chi connectivity index (χ1v) is 8.27. The topological polar surface area (TPSA) is 72.6 Å². The van der Waals surface area contributed by atoms with Crippen LogP contribution in [0.5, 0.6) is 0 Å². The molecular weight excluding hydrogens is 276 g/mol. The third-order valence-electron chi connectivity index (χ3n) is 3.78. The molecule has 1 aromatic rings. The Bertz CT molecular complexity index is 555. The Labute approximate surface area is 120 Å². The fraction of sp³-hybridized carbons (Fsp3) is 0.571. The minimum absolute atomic E-state index is 0.0187. The number of anilines is 1. The highest BCUT2D eigenvalue weighted by Gasteiger charge is 2.38. The summed E-state index contributed by atoms with van der Waals surface area (Å²) in [5.41, 5.74) is 6.12. The van der Waals surface area contributed by atoms with Gasteiger partial charge in [-0.1, -0.05) is 12.1 Å². The van der Waals surface area contributed by atoms with Gasteiger partial charge in [-0.25, -0.2) is 8.42 Å². The third kappa shape index (κ3) is 3.13. The molecule has 0 heterocycles. The van der Waals surface area contributed by atoms with E-state index in [1.807, 2.05) is 6.92 Å². The predicted octanol–water partition coefficient (Wildman–Crippen LogP) is 1.70. The lowest BCUT2D eigenvalue weighted by molar-refractivity contribution is 0.164. The van der Waals surface area contributed by atoms with Gasteiger partial charge in [-0.05, 0) is 37.8 Å². The van der Waals surface area contributed by atoms with Gasteiger partial charge in [-0.15, -0.1) is 0 Å². The van der Waals surface area contributed by atoms with E-state index in [-0.39, 0.29) is 16.6 Å². The van der Waals surface area contributed by atoms with Crippen molar-refractivity contribution in [2.45, 2.75) is 30.7 Å². The number of nitrogens with two attached hydrogens (primary N) is 1. The molecule has 0 aliphatic heterocycles. The normalized spacial score (nSPS) is 17.4. The minimum atomic E-state index is -3.58. The van der Waals surface area contributed by atoms with Gasteiger partial charge in [0.2, 0.25) is 10.0 Å². The molecule has 6 heteroatoms. The van der Waals surface area contributed by atoms with Crippen LogP contribution in [0.15, 0.2) is 29.2 Å². The molecule has 1 aromatic carbocycles. The van der Waals surface area contributed by atoms with Crippen LogP contribution in [-0.2, 0) is 14.8 Å². The highest BCUT2D eigenvalue weighted by atomic mass is 32.2. The van der Waals surface area contributed by atoms with E-state index in [2.05, 4.69) is 0 Å². The van der Waals surface area contributed by atoms with E-state index in [1.54, 1.807) is 31.4 Å². The van der Waals surface area contributed by atoms with Gasteiger partial charge in [0.05, 0.1) is 12.3 Å². The molecule has 2 N–H and O–H groups in total. The second kappa shape index (κ2) is 6.11. The monoisotopic (exact) mass is 298 g/mol. The van der Waals surface area contributed by atoms with Gasteiger partial charge in [-0.3, -0.25) is 0 Å². The van der Waals surface area contributed by atoms with Crippen LogP contribution in [0.3, 0.4) is 0 Å². The molecule has 0 saturated heterocycles. The molecule has 1 atom stereocenters. The summed E-state index contributed by atoms with van der Waals surface area (Å²) in [6.07, 6.45) is 2.18. The summed E-state index contributed by atoms with van der Waals surface area (Å²) < 4.78 is 32.2. The second-order valence-corrected chi connectivity index (χ2v) is 7.08. The molecule has 5 nitrogen and oxygen atoms in total. The van der Waals surface area contributed by atoms with Gasteiger partial charge in [-0.2, -0.15) is 4.31 Å². The van der Waals surface area contributed by atoms with Crippen molar-refractivity contribution in [1.82, 2.24) is 4.31 Å². The Morgan fingerprint density at radius 3 is 2.60 bits per heavy atom. The first-order valence-electron chi connectivity index (χ1n) is 6.83. The SMILES string of the molecule is COCCN(C(C)C1CC1)S(=O)(=O)c1ccccc1N. The molecule has 0 radical (unpaired) electrons. The van der Waals surface area contributed by atoms with Crippen LogP contribution in [0.25, 0.3) is 0 Å². The predicted molar refractivity (Wildman–Crippen MR) is 78.8 cm³/mol. The third-order valence-corrected chi connectivity index (χ3v) is 5.84. The molecule has 20 heavy (non-hydrogen) atoms. The van der Waals surface area contributed by atoms with Crippen LogP contribution < -0.4 is 5.73 Å². The van der Waals surface area contributed by atoms with E-state index in [0.29, 0.717) is 19.1 Å². The summed E-state index contributed by atoms with van der Waals surface area (Å²) in [7, 11) is -2.01. The first kappa shape index (κ1) is 15.3. The summed E-state index contributed by atoms with van der Waals surface area (Å²) in [6, 6.07) is 6.58. The van der Waals surface area contributed by atoms with E-state index < -0.39 is 10.0 Å². The van der Waals surface area contributed by atoms with Crippen molar-refractivity contribution in [3.63, 3.8) is 0 Å². The van der Waals surface area contributed by atoms with Gasteiger partial charge in [0.15, 0.2) is 0 Å². The summed E-state index contributed by atoms with van der Waals surface area (Å²) >= 11 is 0. The average Bonchev–Trinajstić information content (AvgIpc) is 3.23. The quantitative estimate of drug-likeness (QED) is 0.778. The zero-order valence-corrected chi connectivity index (χ0v) is 12.8. The van der Waals surface area contributed by atoms with Crippen molar-refractivity contribution in [2.24, 2.45) is 5.92 Å². The molecule has 1 fully saturated rings. The van der Waals surface area contributed by atoms with E-state index in [0.717, 1.165) is 12.8 Å². The lowest BCUT2D eigenvalue weighted by Crippen LogP contribution is -2.42.